The summed E-state index contributed by atoms with van der Waals surface area (Å²) < 4.78 is 0. The van der Waals surface area contributed by atoms with Crippen LogP contribution in [0, 0.1) is 6.92 Å². The summed E-state index contributed by atoms with van der Waals surface area (Å²) in [6, 6.07) is 8.16. The molecule has 2 aromatic rings. The largest absolute Gasteiger partial charge is 0.390 e. The highest BCUT2D eigenvalue weighted by atomic mass is 32.2. The van der Waals surface area contributed by atoms with Gasteiger partial charge in [0.05, 0.1) is 12.6 Å². The number of hydrogen-bond donors (Lipinski definition) is 1. The van der Waals surface area contributed by atoms with E-state index in [1.54, 1.807) is 11.8 Å². The first-order valence-corrected chi connectivity index (χ1v) is 7.56. The molecule has 5 nitrogen and oxygen atoms in total. The van der Waals surface area contributed by atoms with E-state index >= 15 is 0 Å². The van der Waals surface area contributed by atoms with E-state index in [4.69, 9.17) is 0 Å². The monoisotopic (exact) mass is 278 g/mol. The van der Waals surface area contributed by atoms with Gasteiger partial charge >= 0.3 is 0 Å². The molecule has 0 saturated carbocycles. The first kappa shape index (κ1) is 14.0. The lowest BCUT2D eigenvalue weighted by Crippen LogP contribution is -2.20. The third-order valence-corrected chi connectivity index (χ3v) is 3.56. The molecule has 0 aliphatic carbocycles. The van der Waals surface area contributed by atoms with Crippen molar-refractivity contribution >= 4 is 11.8 Å². The fourth-order valence-electron chi connectivity index (χ4n) is 1.84. The number of tetrazole rings is 1. The van der Waals surface area contributed by atoms with Crippen molar-refractivity contribution in [2.45, 2.75) is 26.0 Å². The summed E-state index contributed by atoms with van der Waals surface area (Å²) in [6.07, 6.45) is 2.20. The number of benzene rings is 1. The van der Waals surface area contributed by atoms with E-state index < -0.39 is 6.10 Å². The highest BCUT2D eigenvalue weighted by Crippen LogP contribution is 2.10. The van der Waals surface area contributed by atoms with Gasteiger partial charge in [0.2, 0.25) is 0 Å². The van der Waals surface area contributed by atoms with Crippen LogP contribution in [-0.2, 0) is 13.0 Å². The smallest absolute Gasteiger partial charge is 0.179 e. The summed E-state index contributed by atoms with van der Waals surface area (Å²) >= 11 is 1.60. The number of thioether (sulfide) groups is 1. The van der Waals surface area contributed by atoms with Crippen LogP contribution >= 0.6 is 11.8 Å². The maximum absolute atomic E-state index is 9.70. The Bertz CT molecular complexity index is 529. The molecule has 0 saturated heterocycles. The number of aryl methyl sites for hydroxylation is 1. The third kappa shape index (κ3) is 4.04. The summed E-state index contributed by atoms with van der Waals surface area (Å²) in [5.74, 6) is 1.36. The first-order chi connectivity index (χ1) is 9.19. The second-order valence-corrected chi connectivity index (χ2v) is 5.38. The van der Waals surface area contributed by atoms with Crippen LogP contribution in [0.25, 0.3) is 0 Å². The van der Waals surface area contributed by atoms with Crippen molar-refractivity contribution in [3.05, 3.63) is 41.2 Å². The van der Waals surface area contributed by atoms with Gasteiger partial charge in [0.25, 0.3) is 0 Å². The van der Waals surface area contributed by atoms with Crippen molar-refractivity contribution in [2.24, 2.45) is 0 Å². The van der Waals surface area contributed by atoms with Gasteiger partial charge in [-0.15, -0.1) is 10.2 Å². The Morgan fingerprint density at radius 2 is 2.16 bits per heavy atom. The molecule has 1 aromatic heterocycles. The normalized spacial score (nSPS) is 12.6. The van der Waals surface area contributed by atoms with Crippen molar-refractivity contribution in [3.63, 3.8) is 0 Å². The number of nitrogens with zero attached hydrogens (tertiary/aromatic N) is 4. The maximum atomic E-state index is 9.70. The van der Waals surface area contributed by atoms with Gasteiger partial charge in [0.1, 0.15) is 0 Å². The number of rotatable bonds is 6. The molecule has 0 fully saturated rings. The predicted molar refractivity (Wildman–Crippen MR) is 76.2 cm³/mol. The fourth-order valence-corrected chi connectivity index (χ4v) is 2.33. The number of aromatic nitrogens is 4. The summed E-state index contributed by atoms with van der Waals surface area (Å²) in [7, 11) is 0. The average Bonchev–Trinajstić information content (AvgIpc) is 2.80. The topological polar surface area (TPSA) is 63.8 Å². The van der Waals surface area contributed by atoms with Crippen molar-refractivity contribution in [2.75, 3.05) is 12.0 Å². The number of aliphatic hydroxyl groups is 1. The fraction of sp³-hybridized carbons (Fsp3) is 0.462. The maximum Gasteiger partial charge on any atom is 0.179 e. The molecule has 0 aliphatic heterocycles. The van der Waals surface area contributed by atoms with Crippen LogP contribution in [0.15, 0.2) is 24.3 Å². The standard InChI is InChI=1S/C13H18N4OS/c1-10-5-3-4-6-11(10)7-13-14-16-17(15-13)8-12(18)9-19-2/h3-6,12,18H,7-9H2,1-2H3/t12-/m0/s1. The highest BCUT2D eigenvalue weighted by Gasteiger charge is 2.09. The molecular weight excluding hydrogens is 260 g/mol. The number of hydrogen-bond acceptors (Lipinski definition) is 5. The second-order valence-electron chi connectivity index (χ2n) is 4.47. The molecule has 0 spiro atoms. The van der Waals surface area contributed by atoms with Gasteiger partial charge in [0, 0.05) is 12.2 Å². The van der Waals surface area contributed by atoms with Crippen LogP contribution in [0.1, 0.15) is 17.0 Å². The second kappa shape index (κ2) is 6.68. The van der Waals surface area contributed by atoms with Crippen LogP contribution in [0.4, 0.5) is 0 Å². The van der Waals surface area contributed by atoms with Crippen LogP contribution in [0.5, 0.6) is 0 Å². The summed E-state index contributed by atoms with van der Waals surface area (Å²) in [6.45, 7) is 2.46. The van der Waals surface area contributed by atoms with E-state index in [2.05, 4.69) is 34.5 Å². The van der Waals surface area contributed by atoms with Crippen LogP contribution in [0.3, 0.4) is 0 Å². The van der Waals surface area contributed by atoms with Gasteiger partial charge in [-0.2, -0.15) is 16.6 Å². The van der Waals surface area contributed by atoms with Crippen molar-refractivity contribution in [1.29, 1.82) is 0 Å². The average molecular weight is 278 g/mol. The van der Waals surface area contributed by atoms with Gasteiger partial charge in [-0.1, -0.05) is 24.3 Å². The van der Waals surface area contributed by atoms with Crippen LogP contribution in [0.2, 0.25) is 0 Å². The Morgan fingerprint density at radius 1 is 1.37 bits per heavy atom. The quantitative estimate of drug-likeness (QED) is 0.863. The molecule has 0 aliphatic rings. The molecule has 0 radical (unpaired) electrons. The molecule has 1 heterocycles. The van der Waals surface area contributed by atoms with E-state index in [0.717, 1.165) is 0 Å². The molecule has 102 valence electrons. The lowest BCUT2D eigenvalue weighted by molar-refractivity contribution is 0.165. The molecule has 2 rings (SSSR count). The zero-order valence-electron chi connectivity index (χ0n) is 11.2. The Hall–Kier alpha value is -1.40. The van der Waals surface area contributed by atoms with E-state index in [1.165, 1.54) is 15.9 Å². The summed E-state index contributed by atoms with van der Waals surface area (Å²) in [5, 5.41) is 22.0. The number of aliphatic hydroxyl groups excluding tert-OH is 1. The van der Waals surface area contributed by atoms with Gasteiger partial charge in [-0.25, -0.2) is 0 Å². The van der Waals surface area contributed by atoms with Gasteiger partial charge < -0.3 is 5.11 Å². The van der Waals surface area contributed by atoms with Crippen molar-refractivity contribution in [3.8, 4) is 0 Å². The van der Waals surface area contributed by atoms with Crippen molar-refractivity contribution in [1.82, 2.24) is 20.2 Å². The molecule has 1 atom stereocenters. The highest BCUT2D eigenvalue weighted by molar-refractivity contribution is 7.98. The predicted octanol–water partition coefficient (Wildman–Crippen LogP) is 1.30. The minimum atomic E-state index is -0.435. The van der Waals surface area contributed by atoms with Crippen LogP contribution in [-0.4, -0.2) is 43.4 Å². The third-order valence-electron chi connectivity index (χ3n) is 2.84. The molecule has 19 heavy (non-hydrogen) atoms. The Morgan fingerprint density at radius 3 is 2.89 bits per heavy atom. The Labute approximate surface area is 117 Å². The molecule has 0 bridgehead atoms. The van der Waals surface area contributed by atoms with Gasteiger partial charge in [-0.3, -0.25) is 0 Å². The Kier molecular flexibility index (Phi) is 4.93. The van der Waals surface area contributed by atoms with E-state index in [1.807, 2.05) is 18.4 Å². The lowest BCUT2D eigenvalue weighted by atomic mass is 10.1. The van der Waals surface area contributed by atoms with E-state index in [0.29, 0.717) is 24.5 Å². The zero-order chi connectivity index (χ0) is 13.7. The summed E-state index contributed by atoms with van der Waals surface area (Å²) in [4.78, 5) is 1.47. The molecule has 6 heteroatoms. The minimum Gasteiger partial charge on any atom is -0.390 e. The lowest BCUT2D eigenvalue weighted by Gasteiger charge is -2.06. The van der Waals surface area contributed by atoms with E-state index in [9.17, 15) is 5.11 Å². The summed E-state index contributed by atoms with van der Waals surface area (Å²) in [5.41, 5.74) is 2.42. The minimum absolute atomic E-state index is 0.390. The molecule has 0 unspecified atom stereocenters. The Balaban J connectivity index is 2.00. The molecule has 1 N–H and O–H groups in total. The van der Waals surface area contributed by atoms with Gasteiger partial charge in [0.15, 0.2) is 5.82 Å². The molecular formula is C13H18N4OS. The zero-order valence-corrected chi connectivity index (χ0v) is 12.0. The van der Waals surface area contributed by atoms with E-state index in [-0.39, 0.29) is 0 Å². The van der Waals surface area contributed by atoms with Crippen LogP contribution < -0.4 is 0 Å². The first-order valence-electron chi connectivity index (χ1n) is 6.17. The molecule has 0 amide bonds. The van der Waals surface area contributed by atoms with Crippen molar-refractivity contribution < 1.29 is 5.11 Å². The van der Waals surface area contributed by atoms with Gasteiger partial charge in [-0.05, 0) is 29.5 Å². The SMILES string of the molecule is CSC[C@@H](O)Cn1nnc(Cc2ccccc2C)n1. The molecule has 1 aromatic carbocycles.